The van der Waals surface area contributed by atoms with Crippen LogP contribution in [0.3, 0.4) is 0 Å². The van der Waals surface area contributed by atoms with Crippen molar-refractivity contribution in [1.82, 2.24) is 0 Å². The van der Waals surface area contributed by atoms with E-state index >= 15 is 0 Å². The molecule has 0 bridgehead atoms. The summed E-state index contributed by atoms with van der Waals surface area (Å²) in [6, 6.07) is 7.83. The van der Waals surface area contributed by atoms with Gasteiger partial charge in [0.2, 0.25) is 0 Å². The lowest BCUT2D eigenvalue weighted by molar-refractivity contribution is -0.385. The zero-order valence-electron chi connectivity index (χ0n) is 10.5. The van der Waals surface area contributed by atoms with E-state index < -0.39 is 20.8 Å². The maximum atomic E-state index is 13.5. The summed E-state index contributed by atoms with van der Waals surface area (Å²) in [6.45, 7) is 0. The summed E-state index contributed by atoms with van der Waals surface area (Å²) in [7, 11) is -4.16. The fraction of sp³-hybridized carbons (Fsp3) is 0. The zero-order valence-corrected chi connectivity index (χ0v) is 11.3. The number of halogens is 1. The lowest BCUT2D eigenvalue weighted by Gasteiger charge is -2.09. The molecule has 0 amide bonds. The van der Waals surface area contributed by atoms with Crippen molar-refractivity contribution in [1.29, 1.82) is 0 Å². The van der Waals surface area contributed by atoms with Crippen molar-refractivity contribution in [2.75, 3.05) is 10.5 Å². The Bertz CT molecular complexity index is 808. The maximum Gasteiger partial charge on any atom is 0.270 e. The number of nitro groups is 1. The van der Waals surface area contributed by atoms with Gasteiger partial charge in [-0.1, -0.05) is 6.07 Å². The minimum atomic E-state index is -4.16. The Hall–Kier alpha value is -2.68. The Morgan fingerprint density at radius 2 is 1.90 bits per heavy atom. The summed E-state index contributed by atoms with van der Waals surface area (Å²) in [6.07, 6.45) is 0. The molecule has 0 saturated heterocycles. The van der Waals surface area contributed by atoms with Crippen LogP contribution < -0.4 is 10.5 Å². The number of hydrogen-bond acceptors (Lipinski definition) is 5. The number of nitrogens with two attached hydrogens (primary N) is 1. The predicted molar refractivity (Wildman–Crippen MR) is 74.7 cm³/mol. The molecule has 2 aromatic rings. The van der Waals surface area contributed by atoms with Crippen molar-refractivity contribution in [3.8, 4) is 0 Å². The third-order valence-electron chi connectivity index (χ3n) is 2.57. The smallest absolute Gasteiger partial charge is 0.270 e. The molecular formula is C12H10FN3O4S. The van der Waals surface area contributed by atoms with Gasteiger partial charge in [0.15, 0.2) is 0 Å². The molecule has 9 heteroatoms. The highest BCUT2D eigenvalue weighted by Gasteiger charge is 2.19. The van der Waals surface area contributed by atoms with E-state index in [1.807, 2.05) is 4.72 Å². The van der Waals surface area contributed by atoms with Crippen molar-refractivity contribution in [3.63, 3.8) is 0 Å². The Morgan fingerprint density at radius 1 is 1.19 bits per heavy atom. The van der Waals surface area contributed by atoms with Crippen LogP contribution in [-0.2, 0) is 10.0 Å². The van der Waals surface area contributed by atoms with Crippen molar-refractivity contribution < 1.29 is 17.7 Å². The van der Waals surface area contributed by atoms with Crippen LogP contribution in [0.25, 0.3) is 0 Å². The molecule has 0 aliphatic rings. The van der Waals surface area contributed by atoms with Gasteiger partial charge in [0.05, 0.1) is 15.5 Å². The van der Waals surface area contributed by atoms with Crippen molar-refractivity contribution in [2.45, 2.75) is 4.90 Å². The number of nitro benzene ring substituents is 1. The SMILES string of the molecule is Nc1ccc(F)c(NS(=O)(=O)c2cccc([N+](=O)[O-])c2)c1. The molecule has 0 aliphatic heterocycles. The molecule has 0 spiro atoms. The number of nitrogens with one attached hydrogen (secondary N) is 1. The normalized spacial score (nSPS) is 11.1. The zero-order chi connectivity index (χ0) is 15.6. The molecule has 0 unspecified atom stereocenters. The monoisotopic (exact) mass is 311 g/mol. The highest BCUT2D eigenvalue weighted by Crippen LogP contribution is 2.23. The first-order valence-corrected chi connectivity index (χ1v) is 7.10. The average Bonchev–Trinajstić information content (AvgIpc) is 2.43. The standard InChI is InChI=1S/C12H10FN3O4S/c13-11-5-4-8(14)6-12(11)15-21(19,20)10-3-1-2-9(7-10)16(17)18/h1-7,15H,14H2. The molecule has 110 valence electrons. The van der Waals surface area contributed by atoms with Gasteiger partial charge in [0.25, 0.3) is 15.7 Å². The van der Waals surface area contributed by atoms with Crippen LogP contribution in [0.2, 0.25) is 0 Å². The lowest BCUT2D eigenvalue weighted by Crippen LogP contribution is -2.14. The number of nitrogens with zero attached hydrogens (tertiary/aromatic N) is 1. The molecule has 0 fully saturated rings. The number of rotatable bonds is 4. The summed E-state index contributed by atoms with van der Waals surface area (Å²) in [5, 5.41) is 10.7. The van der Waals surface area contributed by atoms with Gasteiger partial charge in [0.1, 0.15) is 5.82 Å². The van der Waals surface area contributed by atoms with Gasteiger partial charge >= 0.3 is 0 Å². The predicted octanol–water partition coefficient (Wildman–Crippen LogP) is 2.12. The summed E-state index contributed by atoms with van der Waals surface area (Å²) >= 11 is 0. The van der Waals surface area contributed by atoms with Crippen molar-refractivity contribution in [2.24, 2.45) is 0 Å². The van der Waals surface area contributed by atoms with Crippen LogP contribution >= 0.6 is 0 Å². The first-order chi connectivity index (χ1) is 9.79. The summed E-state index contributed by atoms with van der Waals surface area (Å²) in [5.41, 5.74) is 4.92. The number of non-ortho nitro benzene ring substituents is 1. The van der Waals surface area contributed by atoms with Crippen LogP contribution in [0.1, 0.15) is 0 Å². The van der Waals surface area contributed by atoms with E-state index in [1.165, 1.54) is 18.2 Å². The largest absolute Gasteiger partial charge is 0.399 e. The number of nitrogen functional groups attached to an aromatic ring is 1. The van der Waals surface area contributed by atoms with Gasteiger partial charge in [0, 0.05) is 17.8 Å². The Morgan fingerprint density at radius 3 is 2.57 bits per heavy atom. The van der Waals surface area contributed by atoms with E-state index in [9.17, 15) is 22.9 Å². The number of anilines is 2. The molecule has 2 rings (SSSR count). The fourth-order valence-electron chi connectivity index (χ4n) is 1.59. The second-order valence-electron chi connectivity index (χ2n) is 4.10. The second-order valence-corrected chi connectivity index (χ2v) is 5.78. The van der Waals surface area contributed by atoms with Crippen LogP contribution in [0.5, 0.6) is 0 Å². The second kappa shape index (κ2) is 5.37. The molecule has 0 heterocycles. The highest BCUT2D eigenvalue weighted by molar-refractivity contribution is 7.92. The molecule has 0 atom stereocenters. The lowest BCUT2D eigenvalue weighted by atomic mass is 10.3. The van der Waals surface area contributed by atoms with Gasteiger partial charge in [-0.2, -0.15) is 0 Å². The minimum absolute atomic E-state index is 0.174. The van der Waals surface area contributed by atoms with E-state index in [2.05, 4.69) is 0 Å². The third kappa shape index (κ3) is 3.26. The van der Waals surface area contributed by atoms with E-state index in [-0.39, 0.29) is 22.0 Å². The molecule has 21 heavy (non-hydrogen) atoms. The van der Waals surface area contributed by atoms with Crippen LogP contribution in [0.15, 0.2) is 47.4 Å². The Labute approximate surface area is 119 Å². The average molecular weight is 311 g/mol. The molecular weight excluding hydrogens is 301 g/mol. The molecule has 0 saturated carbocycles. The quantitative estimate of drug-likeness (QED) is 0.510. The van der Waals surface area contributed by atoms with Crippen molar-refractivity contribution in [3.05, 3.63) is 58.4 Å². The first-order valence-electron chi connectivity index (χ1n) is 5.62. The van der Waals surface area contributed by atoms with E-state index in [0.29, 0.717) is 0 Å². The van der Waals surface area contributed by atoms with Gasteiger partial charge in [-0.25, -0.2) is 12.8 Å². The summed E-state index contributed by atoms with van der Waals surface area (Å²) < 4.78 is 39.7. The highest BCUT2D eigenvalue weighted by atomic mass is 32.2. The van der Waals surface area contributed by atoms with Gasteiger partial charge in [-0.05, 0) is 24.3 Å². The van der Waals surface area contributed by atoms with Gasteiger partial charge in [-0.3, -0.25) is 14.8 Å². The van der Waals surface area contributed by atoms with E-state index in [0.717, 1.165) is 24.3 Å². The van der Waals surface area contributed by atoms with E-state index in [4.69, 9.17) is 5.73 Å². The molecule has 0 aromatic heterocycles. The molecule has 0 radical (unpaired) electrons. The molecule has 0 aliphatic carbocycles. The van der Waals surface area contributed by atoms with Crippen molar-refractivity contribution >= 4 is 27.1 Å². The number of sulfonamides is 1. The minimum Gasteiger partial charge on any atom is -0.399 e. The van der Waals surface area contributed by atoms with Gasteiger partial charge in [-0.15, -0.1) is 0 Å². The summed E-state index contributed by atoms with van der Waals surface area (Å²) in [5.74, 6) is -0.807. The van der Waals surface area contributed by atoms with E-state index in [1.54, 1.807) is 0 Å². The van der Waals surface area contributed by atoms with Crippen LogP contribution in [-0.4, -0.2) is 13.3 Å². The topological polar surface area (TPSA) is 115 Å². The Balaban J connectivity index is 2.41. The molecule has 7 nitrogen and oxygen atoms in total. The third-order valence-corrected chi connectivity index (χ3v) is 3.94. The fourth-order valence-corrected chi connectivity index (χ4v) is 2.69. The first kappa shape index (κ1) is 14.7. The maximum absolute atomic E-state index is 13.5. The molecule has 3 N–H and O–H groups in total. The molecule has 2 aromatic carbocycles. The van der Waals surface area contributed by atoms with Crippen LogP contribution in [0.4, 0.5) is 21.5 Å². The summed E-state index contributed by atoms with van der Waals surface area (Å²) in [4.78, 5) is 9.58. The van der Waals surface area contributed by atoms with Gasteiger partial charge < -0.3 is 5.73 Å². The van der Waals surface area contributed by atoms with Crippen LogP contribution in [0, 0.1) is 15.9 Å². The number of hydrogen-bond donors (Lipinski definition) is 2. The number of benzene rings is 2. The Kier molecular flexibility index (Phi) is 3.76.